The fourth-order valence-corrected chi connectivity index (χ4v) is 6.99. The highest BCUT2D eigenvalue weighted by molar-refractivity contribution is 7.94. The van der Waals surface area contributed by atoms with Gasteiger partial charge in [-0.3, -0.25) is 14.4 Å². The Hall–Kier alpha value is -3.45. The Balaban J connectivity index is 1.29. The van der Waals surface area contributed by atoms with Gasteiger partial charge in [0.15, 0.2) is 9.84 Å². The highest BCUT2D eigenvalue weighted by atomic mass is 32.2. The summed E-state index contributed by atoms with van der Waals surface area (Å²) in [6, 6.07) is 11.6. The van der Waals surface area contributed by atoms with Gasteiger partial charge in [-0.05, 0) is 55.5 Å². The molecule has 0 bridgehead atoms. The SMILES string of the molecule is N#Cc1ccc(CNC(=O)c2ccc3n(c2=O)CCN(CC2(S(=O)(=O)C4CC4)CC2)C3=O)cc1. The van der Waals surface area contributed by atoms with Crippen molar-refractivity contribution in [1.82, 2.24) is 14.8 Å². The molecule has 9 nitrogen and oxygen atoms in total. The second-order valence-electron chi connectivity index (χ2n) is 9.23. The smallest absolute Gasteiger partial charge is 0.270 e. The standard InChI is InChI=1S/C24H24N4O5S/c25-13-16-1-3-17(4-2-16)14-26-21(29)19-7-8-20-23(31)27(11-12-28(20)22(19)30)15-24(9-10-24)34(32,33)18-5-6-18/h1-4,7-8,18H,5-6,9-12,14-15H2,(H,26,29). The van der Waals surface area contributed by atoms with Crippen LogP contribution in [0, 0.1) is 11.3 Å². The number of nitrogens with zero attached hydrogens (tertiary/aromatic N) is 3. The maximum Gasteiger partial charge on any atom is 0.270 e. The van der Waals surface area contributed by atoms with E-state index in [0.717, 1.165) is 5.56 Å². The fraction of sp³-hybridized carbons (Fsp3) is 0.417. The molecule has 2 amide bonds. The summed E-state index contributed by atoms with van der Waals surface area (Å²) in [7, 11) is -3.24. The van der Waals surface area contributed by atoms with Crippen molar-refractivity contribution < 1.29 is 18.0 Å². The monoisotopic (exact) mass is 480 g/mol. The van der Waals surface area contributed by atoms with Crippen LogP contribution in [0.2, 0.25) is 0 Å². The molecule has 10 heteroatoms. The van der Waals surface area contributed by atoms with Gasteiger partial charge in [-0.1, -0.05) is 12.1 Å². The lowest BCUT2D eigenvalue weighted by Gasteiger charge is -2.32. The van der Waals surface area contributed by atoms with Crippen molar-refractivity contribution in [1.29, 1.82) is 5.26 Å². The number of nitriles is 1. The molecule has 2 aliphatic carbocycles. The molecule has 0 unspecified atom stereocenters. The second-order valence-corrected chi connectivity index (χ2v) is 11.9. The first-order valence-corrected chi connectivity index (χ1v) is 12.8. The van der Waals surface area contributed by atoms with E-state index in [-0.39, 0.29) is 48.6 Å². The maximum absolute atomic E-state index is 13.1. The summed E-state index contributed by atoms with van der Waals surface area (Å²) in [6.45, 7) is 0.780. The van der Waals surface area contributed by atoms with Gasteiger partial charge in [0.25, 0.3) is 17.4 Å². The van der Waals surface area contributed by atoms with Crippen molar-refractivity contribution in [3.8, 4) is 6.07 Å². The number of nitrogens with one attached hydrogen (secondary N) is 1. The molecular formula is C24H24N4O5S. The number of rotatable bonds is 7. The number of sulfone groups is 1. The summed E-state index contributed by atoms with van der Waals surface area (Å²) in [4.78, 5) is 40.2. The molecule has 2 saturated carbocycles. The summed E-state index contributed by atoms with van der Waals surface area (Å²) in [5.74, 6) is -0.933. The van der Waals surface area contributed by atoms with Gasteiger partial charge in [-0.25, -0.2) is 8.42 Å². The summed E-state index contributed by atoms with van der Waals surface area (Å²) in [6.07, 6.45) is 2.54. The van der Waals surface area contributed by atoms with E-state index < -0.39 is 26.1 Å². The zero-order valence-electron chi connectivity index (χ0n) is 18.5. The molecule has 3 aliphatic rings. The zero-order valence-corrected chi connectivity index (χ0v) is 19.3. The molecule has 0 saturated heterocycles. The molecule has 5 rings (SSSR count). The minimum atomic E-state index is -3.24. The van der Waals surface area contributed by atoms with Gasteiger partial charge in [0.05, 0.1) is 21.6 Å². The van der Waals surface area contributed by atoms with Crippen LogP contribution in [0.25, 0.3) is 0 Å². The molecule has 0 atom stereocenters. The third-order valence-corrected chi connectivity index (χ3v) is 10.0. The van der Waals surface area contributed by atoms with Crippen molar-refractivity contribution >= 4 is 21.7 Å². The lowest BCUT2D eigenvalue weighted by atomic mass is 10.1. The van der Waals surface area contributed by atoms with Crippen molar-refractivity contribution in [3.63, 3.8) is 0 Å². The fourth-order valence-electron chi connectivity index (χ4n) is 4.52. The van der Waals surface area contributed by atoms with Gasteiger partial charge in [0, 0.05) is 26.2 Å². The molecule has 176 valence electrons. The van der Waals surface area contributed by atoms with E-state index >= 15 is 0 Å². The number of aromatic nitrogens is 1. The zero-order chi connectivity index (χ0) is 24.1. The Labute approximate surface area is 196 Å². The second kappa shape index (κ2) is 8.09. The predicted octanol–water partition coefficient (Wildman–Crippen LogP) is 1.22. The van der Waals surface area contributed by atoms with Crippen LogP contribution in [0.15, 0.2) is 41.2 Å². The van der Waals surface area contributed by atoms with E-state index in [2.05, 4.69) is 5.32 Å². The lowest BCUT2D eigenvalue weighted by molar-refractivity contribution is 0.0695. The van der Waals surface area contributed by atoms with Crippen LogP contribution < -0.4 is 10.9 Å². The third-order valence-electron chi connectivity index (χ3n) is 6.91. The number of pyridine rings is 1. The van der Waals surface area contributed by atoms with Gasteiger partial charge in [0.2, 0.25) is 0 Å². The van der Waals surface area contributed by atoms with E-state index in [1.807, 2.05) is 6.07 Å². The molecule has 34 heavy (non-hydrogen) atoms. The average Bonchev–Trinajstić information content (AvgIpc) is 3.74. The van der Waals surface area contributed by atoms with Crippen LogP contribution >= 0.6 is 0 Å². The predicted molar refractivity (Wildman–Crippen MR) is 123 cm³/mol. The van der Waals surface area contributed by atoms with Gasteiger partial charge >= 0.3 is 0 Å². The topological polar surface area (TPSA) is 129 Å². The number of hydrogen-bond donors (Lipinski definition) is 1. The molecular weight excluding hydrogens is 456 g/mol. The van der Waals surface area contributed by atoms with Crippen molar-refractivity contribution in [3.05, 3.63) is 69.1 Å². The molecule has 0 radical (unpaired) electrons. The highest BCUT2D eigenvalue weighted by Gasteiger charge is 2.60. The van der Waals surface area contributed by atoms with Gasteiger partial charge in [-0.2, -0.15) is 5.26 Å². The summed E-state index contributed by atoms with van der Waals surface area (Å²) < 4.78 is 26.1. The first kappa shape index (κ1) is 22.3. The average molecular weight is 481 g/mol. The molecule has 1 aromatic carbocycles. The minimum absolute atomic E-state index is 0.0615. The lowest BCUT2D eigenvalue weighted by Crippen LogP contribution is -2.50. The van der Waals surface area contributed by atoms with Crippen LogP contribution in [0.5, 0.6) is 0 Å². The van der Waals surface area contributed by atoms with Gasteiger partial charge in [-0.15, -0.1) is 0 Å². The molecule has 2 fully saturated rings. The number of hydrogen-bond acceptors (Lipinski definition) is 6. The van der Waals surface area contributed by atoms with Gasteiger partial charge < -0.3 is 14.8 Å². The van der Waals surface area contributed by atoms with Crippen molar-refractivity contribution in [2.75, 3.05) is 13.1 Å². The number of fused-ring (bicyclic) bond motifs is 1. The summed E-state index contributed by atoms with van der Waals surface area (Å²) in [5, 5.41) is 11.3. The Morgan fingerprint density at radius 2 is 1.79 bits per heavy atom. The van der Waals surface area contributed by atoms with Crippen LogP contribution in [-0.4, -0.2) is 52.8 Å². The molecule has 0 spiro atoms. The minimum Gasteiger partial charge on any atom is -0.348 e. The third kappa shape index (κ3) is 3.80. The Morgan fingerprint density at radius 1 is 1.09 bits per heavy atom. The molecule has 1 aromatic heterocycles. The molecule has 1 N–H and O–H groups in total. The Morgan fingerprint density at radius 3 is 2.41 bits per heavy atom. The number of amides is 2. The quantitative estimate of drug-likeness (QED) is 0.634. The van der Waals surface area contributed by atoms with Crippen LogP contribution in [0.3, 0.4) is 0 Å². The summed E-state index contributed by atoms with van der Waals surface area (Å²) >= 11 is 0. The number of benzene rings is 1. The number of carbonyl (C=O) groups excluding carboxylic acids is 2. The first-order chi connectivity index (χ1) is 16.3. The highest BCUT2D eigenvalue weighted by Crippen LogP contribution is 2.50. The van der Waals surface area contributed by atoms with Crippen LogP contribution in [0.1, 0.15) is 57.7 Å². The van der Waals surface area contributed by atoms with E-state index in [1.54, 1.807) is 24.3 Å². The first-order valence-electron chi connectivity index (χ1n) is 11.3. The largest absolute Gasteiger partial charge is 0.348 e. The van der Waals surface area contributed by atoms with Gasteiger partial charge in [0.1, 0.15) is 11.3 Å². The number of carbonyl (C=O) groups is 2. The van der Waals surface area contributed by atoms with Crippen molar-refractivity contribution in [2.45, 2.75) is 48.8 Å². The van der Waals surface area contributed by atoms with E-state index in [0.29, 0.717) is 31.2 Å². The molecule has 1 aliphatic heterocycles. The Kier molecular flexibility index (Phi) is 5.32. The molecule has 2 aromatic rings. The van der Waals surface area contributed by atoms with E-state index in [9.17, 15) is 22.8 Å². The van der Waals surface area contributed by atoms with E-state index in [4.69, 9.17) is 5.26 Å². The Bertz CT molecular complexity index is 1380. The summed E-state index contributed by atoms with van der Waals surface area (Å²) in [5.41, 5.74) is 0.855. The maximum atomic E-state index is 13.1. The van der Waals surface area contributed by atoms with Crippen LogP contribution in [0.4, 0.5) is 0 Å². The normalized spacial score (nSPS) is 18.7. The van der Waals surface area contributed by atoms with Crippen LogP contribution in [-0.2, 0) is 22.9 Å². The van der Waals surface area contributed by atoms with E-state index in [1.165, 1.54) is 21.6 Å². The van der Waals surface area contributed by atoms with Crippen molar-refractivity contribution in [2.24, 2.45) is 0 Å². The molecule has 2 heterocycles.